The molecule has 4 aliphatic rings. The van der Waals surface area contributed by atoms with Crippen LogP contribution in [0.4, 0.5) is 0 Å². The molecule has 0 unspecified atom stereocenters. The minimum Gasteiger partial charge on any atom is -0.390 e. The van der Waals surface area contributed by atoms with E-state index in [9.17, 15) is 14.7 Å². The highest BCUT2D eigenvalue weighted by molar-refractivity contribution is 5.95. The number of hydrogen-bond donors (Lipinski definition) is 1. The Balaban J connectivity index is 1.64. The Kier molecular flexibility index (Phi) is 4.59. The molecule has 26 heavy (non-hydrogen) atoms. The predicted molar refractivity (Wildman–Crippen MR) is 98.5 cm³/mol. The summed E-state index contributed by atoms with van der Waals surface area (Å²) >= 11 is 0. The molecule has 0 aromatic carbocycles. The number of aliphatic hydroxyl groups is 1. The van der Waals surface area contributed by atoms with E-state index in [1.165, 1.54) is 0 Å². The summed E-state index contributed by atoms with van der Waals surface area (Å²) in [5, 5.41) is 10.6. The third-order valence-corrected chi connectivity index (χ3v) is 8.59. The quantitative estimate of drug-likeness (QED) is 0.834. The molecular formula is C22H34O4. The Morgan fingerprint density at radius 2 is 1.96 bits per heavy atom. The minimum absolute atomic E-state index is 0.0467. The molecule has 0 bridgehead atoms. The average molecular weight is 363 g/mol. The van der Waals surface area contributed by atoms with E-state index in [1.54, 1.807) is 0 Å². The summed E-state index contributed by atoms with van der Waals surface area (Å²) in [6.45, 7) is 7.08. The van der Waals surface area contributed by atoms with Crippen LogP contribution in [0.3, 0.4) is 0 Å². The molecule has 0 aliphatic heterocycles. The van der Waals surface area contributed by atoms with Gasteiger partial charge in [-0.25, -0.2) is 0 Å². The van der Waals surface area contributed by atoms with Gasteiger partial charge in [-0.15, -0.1) is 0 Å². The lowest BCUT2D eigenvalue weighted by Gasteiger charge is -2.59. The molecule has 0 amide bonds. The standard InChI is InChI=1S/C22H34O4/c1-4-9-26-18-12-21(2)13(10-16(18)23)5-6-14-15-7-8-19(25)22(15,3)11-17(24)20(14)21/h13-16,18,20,23H,4-12H2,1-3H3/t13-,14-,15-,16-,18-,20+,21-,22-/m0/s1. The van der Waals surface area contributed by atoms with Crippen molar-refractivity contribution in [3.8, 4) is 0 Å². The number of hydrogen-bond acceptors (Lipinski definition) is 4. The lowest BCUT2D eigenvalue weighted by Crippen LogP contribution is -2.60. The topological polar surface area (TPSA) is 63.6 Å². The maximum Gasteiger partial charge on any atom is 0.139 e. The largest absolute Gasteiger partial charge is 0.390 e. The summed E-state index contributed by atoms with van der Waals surface area (Å²) in [4.78, 5) is 25.8. The second kappa shape index (κ2) is 6.41. The van der Waals surface area contributed by atoms with Gasteiger partial charge in [0, 0.05) is 30.8 Å². The van der Waals surface area contributed by atoms with Crippen molar-refractivity contribution in [1.82, 2.24) is 0 Å². The number of carbonyl (C=O) groups excluding carboxylic acids is 2. The third kappa shape index (κ3) is 2.55. The van der Waals surface area contributed by atoms with Crippen LogP contribution in [-0.4, -0.2) is 35.5 Å². The van der Waals surface area contributed by atoms with E-state index in [-0.39, 0.29) is 17.4 Å². The first-order valence-electron chi connectivity index (χ1n) is 10.7. The van der Waals surface area contributed by atoms with Gasteiger partial charge in [0.05, 0.1) is 12.2 Å². The number of ether oxygens (including phenoxy) is 1. The zero-order chi connectivity index (χ0) is 18.7. The third-order valence-electron chi connectivity index (χ3n) is 8.59. The van der Waals surface area contributed by atoms with E-state index in [2.05, 4.69) is 13.8 Å². The Bertz CT molecular complexity index is 601. The highest BCUT2D eigenvalue weighted by Gasteiger charge is 2.64. The average Bonchev–Trinajstić information content (AvgIpc) is 2.88. The molecule has 146 valence electrons. The second-order valence-electron chi connectivity index (χ2n) is 9.97. The normalized spacial score (nSPS) is 50.9. The fraction of sp³-hybridized carbons (Fsp3) is 0.909. The van der Waals surface area contributed by atoms with Gasteiger partial charge in [0.25, 0.3) is 0 Å². The summed E-state index contributed by atoms with van der Waals surface area (Å²) in [7, 11) is 0. The van der Waals surface area contributed by atoms with Crippen molar-refractivity contribution in [2.75, 3.05) is 6.61 Å². The first-order chi connectivity index (χ1) is 12.3. The van der Waals surface area contributed by atoms with Gasteiger partial charge in [-0.2, -0.15) is 0 Å². The molecule has 0 radical (unpaired) electrons. The van der Waals surface area contributed by atoms with Crippen LogP contribution >= 0.6 is 0 Å². The van der Waals surface area contributed by atoms with E-state index in [4.69, 9.17) is 4.74 Å². The zero-order valence-corrected chi connectivity index (χ0v) is 16.5. The van der Waals surface area contributed by atoms with Crippen LogP contribution in [0.2, 0.25) is 0 Å². The Morgan fingerprint density at radius 3 is 2.69 bits per heavy atom. The van der Waals surface area contributed by atoms with Crippen molar-refractivity contribution in [2.24, 2.45) is 34.5 Å². The molecule has 4 rings (SSSR count). The van der Waals surface area contributed by atoms with Crippen molar-refractivity contribution >= 4 is 11.6 Å². The molecule has 4 saturated carbocycles. The van der Waals surface area contributed by atoms with Gasteiger partial charge in [0.1, 0.15) is 11.6 Å². The zero-order valence-electron chi connectivity index (χ0n) is 16.5. The lowest BCUT2D eigenvalue weighted by molar-refractivity contribution is -0.179. The maximum atomic E-state index is 13.3. The number of carbonyl (C=O) groups is 2. The Hall–Kier alpha value is -0.740. The van der Waals surface area contributed by atoms with Crippen molar-refractivity contribution < 1.29 is 19.4 Å². The molecular weight excluding hydrogens is 328 g/mol. The summed E-state index contributed by atoms with van der Waals surface area (Å²) in [5.41, 5.74) is -0.502. The SMILES string of the molecule is CCCO[C@H]1C[C@@]2(C)[C@@H](CC[C@@H]3[C@@H]2C(=O)C[C@]2(C)C(=O)CC[C@@H]32)C[C@@H]1O. The van der Waals surface area contributed by atoms with Crippen LogP contribution in [0.25, 0.3) is 0 Å². The molecule has 0 aromatic rings. The van der Waals surface area contributed by atoms with Crippen molar-refractivity contribution in [3.05, 3.63) is 0 Å². The van der Waals surface area contributed by atoms with Crippen LogP contribution in [0.5, 0.6) is 0 Å². The molecule has 4 fully saturated rings. The lowest BCUT2D eigenvalue weighted by atomic mass is 9.44. The molecule has 1 N–H and O–H groups in total. The van der Waals surface area contributed by atoms with Crippen LogP contribution in [0.15, 0.2) is 0 Å². The van der Waals surface area contributed by atoms with Crippen molar-refractivity contribution in [2.45, 2.75) is 84.3 Å². The van der Waals surface area contributed by atoms with Crippen LogP contribution < -0.4 is 0 Å². The van der Waals surface area contributed by atoms with E-state index >= 15 is 0 Å². The van der Waals surface area contributed by atoms with Gasteiger partial charge in [-0.1, -0.05) is 20.8 Å². The molecule has 8 atom stereocenters. The Labute approximate surface area is 157 Å². The van der Waals surface area contributed by atoms with E-state index in [0.717, 1.165) is 38.5 Å². The maximum absolute atomic E-state index is 13.3. The molecule has 4 nitrogen and oxygen atoms in total. The predicted octanol–water partition coefficient (Wildman–Crippen LogP) is 3.54. The van der Waals surface area contributed by atoms with Crippen LogP contribution in [0, 0.1) is 34.5 Å². The first kappa shape index (κ1) is 18.6. The number of Topliss-reactive ketones (excluding diaryl/α,β-unsaturated/α-hetero) is 2. The number of aliphatic hydroxyl groups excluding tert-OH is 1. The van der Waals surface area contributed by atoms with E-state index in [0.29, 0.717) is 48.8 Å². The highest BCUT2D eigenvalue weighted by atomic mass is 16.5. The van der Waals surface area contributed by atoms with Gasteiger partial charge < -0.3 is 9.84 Å². The highest BCUT2D eigenvalue weighted by Crippen LogP contribution is 2.64. The number of ketones is 2. The molecule has 0 aromatic heterocycles. The van der Waals surface area contributed by atoms with Gasteiger partial charge in [-0.05, 0) is 61.7 Å². The smallest absolute Gasteiger partial charge is 0.139 e. The van der Waals surface area contributed by atoms with Gasteiger partial charge in [-0.3, -0.25) is 9.59 Å². The van der Waals surface area contributed by atoms with Gasteiger partial charge in [0.15, 0.2) is 0 Å². The molecule has 4 aliphatic carbocycles. The second-order valence-corrected chi connectivity index (χ2v) is 9.97. The van der Waals surface area contributed by atoms with Crippen molar-refractivity contribution in [3.63, 3.8) is 0 Å². The monoisotopic (exact) mass is 362 g/mol. The minimum atomic E-state index is -0.409. The van der Waals surface area contributed by atoms with E-state index in [1.807, 2.05) is 6.92 Å². The molecule has 4 heteroatoms. The van der Waals surface area contributed by atoms with Gasteiger partial charge in [0.2, 0.25) is 0 Å². The molecule has 0 spiro atoms. The number of rotatable bonds is 3. The number of fused-ring (bicyclic) bond motifs is 5. The molecule has 0 heterocycles. The summed E-state index contributed by atoms with van der Waals surface area (Å²) in [5.74, 6) is 1.77. The summed E-state index contributed by atoms with van der Waals surface area (Å²) in [6, 6.07) is 0. The fourth-order valence-corrected chi connectivity index (χ4v) is 7.29. The summed E-state index contributed by atoms with van der Waals surface area (Å²) < 4.78 is 5.98. The fourth-order valence-electron chi connectivity index (χ4n) is 7.29. The molecule has 0 saturated heterocycles. The Morgan fingerprint density at radius 1 is 1.19 bits per heavy atom. The first-order valence-corrected chi connectivity index (χ1v) is 10.7. The summed E-state index contributed by atoms with van der Waals surface area (Å²) in [6.07, 6.45) is 6.07. The van der Waals surface area contributed by atoms with Crippen LogP contribution in [0.1, 0.15) is 72.1 Å². The van der Waals surface area contributed by atoms with Crippen LogP contribution in [-0.2, 0) is 14.3 Å². The van der Waals surface area contributed by atoms with Gasteiger partial charge >= 0.3 is 0 Å². The van der Waals surface area contributed by atoms with E-state index < -0.39 is 11.5 Å². The van der Waals surface area contributed by atoms with Crippen molar-refractivity contribution in [1.29, 1.82) is 0 Å².